The van der Waals surface area contributed by atoms with Gasteiger partial charge in [-0.1, -0.05) is 18.2 Å². The highest BCUT2D eigenvalue weighted by Gasteiger charge is 2.14. The third-order valence-corrected chi connectivity index (χ3v) is 6.42. The Labute approximate surface area is 206 Å². The van der Waals surface area contributed by atoms with Crippen LogP contribution in [0.25, 0.3) is 27.3 Å². The number of aliphatic hydroxyl groups excluding tert-OH is 1. The van der Waals surface area contributed by atoms with Crippen molar-refractivity contribution in [2.24, 2.45) is 0 Å². The highest BCUT2D eigenvalue weighted by molar-refractivity contribution is 7.13. The zero-order valence-corrected chi connectivity index (χ0v) is 20.2. The first-order valence-electron chi connectivity index (χ1n) is 11.0. The second-order valence-electron chi connectivity index (χ2n) is 7.76. The first kappa shape index (κ1) is 22.8. The third kappa shape index (κ3) is 4.82. The summed E-state index contributed by atoms with van der Waals surface area (Å²) in [7, 11) is 3.23. The Hall–Kier alpha value is -3.95. The monoisotopic (exact) mass is 488 g/mol. The predicted molar refractivity (Wildman–Crippen MR) is 135 cm³/mol. The van der Waals surface area contributed by atoms with Gasteiger partial charge in [-0.15, -0.1) is 26.3 Å². The molecule has 1 N–H and O–H groups in total. The summed E-state index contributed by atoms with van der Waals surface area (Å²) in [5, 5.41) is 21.4. The van der Waals surface area contributed by atoms with Gasteiger partial charge in [0.1, 0.15) is 34.1 Å². The summed E-state index contributed by atoms with van der Waals surface area (Å²) in [4.78, 5) is 6.32. The standard InChI is InChI=1S/C26H24N4O4S/c1-32-24-10-8-18(14-25(24)33-2)26-27-19(16-35-26)15-34-23-9-7-17(11-12-31)13-22(23)30-28-20-5-3-4-6-21(20)29-30/h3-10,13-14,16,31H,11-12,15H2,1-2H3. The van der Waals surface area contributed by atoms with Crippen LogP contribution in [0.4, 0.5) is 0 Å². The molecule has 0 unspecified atom stereocenters. The minimum Gasteiger partial charge on any atom is -0.493 e. The van der Waals surface area contributed by atoms with Crippen LogP contribution in [0.15, 0.2) is 66.0 Å². The molecule has 5 rings (SSSR count). The number of fused-ring (bicyclic) bond motifs is 1. The number of ether oxygens (including phenoxy) is 3. The average molecular weight is 489 g/mol. The molecule has 0 aliphatic rings. The SMILES string of the molecule is COc1ccc(-c2nc(COc3ccc(CCO)cc3-n3nc4ccccc4n3)cs2)cc1OC. The highest BCUT2D eigenvalue weighted by atomic mass is 32.1. The molecule has 0 amide bonds. The largest absolute Gasteiger partial charge is 0.493 e. The molecular formula is C26H24N4O4S. The van der Waals surface area contributed by atoms with Crippen LogP contribution in [0, 0.1) is 0 Å². The summed E-state index contributed by atoms with van der Waals surface area (Å²) in [5.74, 6) is 1.96. The van der Waals surface area contributed by atoms with Gasteiger partial charge in [0.25, 0.3) is 0 Å². The molecule has 9 heteroatoms. The fourth-order valence-corrected chi connectivity index (χ4v) is 4.52. The first-order chi connectivity index (χ1) is 17.2. The second kappa shape index (κ2) is 10.1. The number of aliphatic hydroxyl groups is 1. The smallest absolute Gasteiger partial charge is 0.161 e. The van der Waals surface area contributed by atoms with Crippen LogP contribution < -0.4 is 14.2 Å². The van der Waals surface area contributed by atoms with Gasteiger partial charge in [0.05, 0.1) is 19.9 Å². The number of hydrogen-bond acceptors (Lipinski definition) is 8. The van der Waals surface area contributed by atoms with E-state index in [2.05, 4.69) is 10.2 Å². The van der Waals surface area contributed by atoms with Crippen molar-refractivity contribution in [2.45, 2.75) is 13.0 Å². The van der Waals surface area contributed by atoms with E-state index in [-0.39, 0.29) is 13.2 Å². The van der Waals surface area contributed by atoms with Crippen LogP contribution in [0.2, 0.25) is 0 Å². The maximum atomic E-state index is 9.38. The van der Waals surface area contributed by atoms with Gasteiger partial charge in [0.2, 0.25) is 0 Å². The van der Waals surface area contributed by atoms with Gasteiger partial charge < -0.3 is 19.3 Å². The van der Waals surface area contributed by atoms with Crippen LogP contribution >= 0.6 is 11.3 Å². The van der Waals surface area contributed by atoms with E-state index in [9.17, 15) is 5.11 Å². The number of aromatic nitrogens is 4. The minimum atomic E-state index is 0.0614. The Morgan fingerprint density at radius 3 is 2.34 bits per heavy atom. The number of methoxy groups -OCH3 is 2. The van der Waals surface area contributed by atoms with Gasteiger partial charge in [-0.3, -0.25) is 0 Å². The molecule has 2 aromatic heterocycles. The lowest BCUT2D eigenvalue weighted by molar-refractivity contribution is 0.296. The van der Waals surface area contributed by atoms with Crippen LogP contribution in [0.5, 0.6) is 17.2 Å². The van der Waals surface area contributed by atoms with Gasteiger partial charge in [0.15, 0.2) is 11.5 Å². The summed E-state index contributed by atoms with van der Waals surface area (Å²) in [6.45, 7) is 0.350. The molecule has 0 saturated carbocycles. The Morgan fingerprint density at radius 1 is 0.886 bits per heavy atom. The van der Waals surface area contributed by atoms with Crippen LogP contribution in [0.1, 0.15) is 11.3 Å². The lowest BCUT2D eigenvalue weighted by Gasteiger charge is -2.11. The maximum Gasteiger partial charge on any atom is 0.161 e. The van der Waals surface area contributed by atoms with Crippen LogP contribution in [0.3, 0.4) is 0 Å². The minimum absolute atomic E-state index is 0.0614. The van der Waals surface area contributed by atoms with Crippen molar-refractivity contribution in [2.75, 3.05) is 20.8 Å². The lowest BCUT2D eigenvalue weighted by Crippen LogP contribution is -2.05. The van der Waals surface area contributed by atoms with Crippen molar-refractivity contribution in [3.8, 4) is 33.5 Å². The first-order valence-corrected chi connectivity index (χ1v) is 11.9. The Balaban J connectivity index is 1.40. The fourth-order valence-electron chi connectivity index (χ4n) is 3.72. The molecule has 178 valence electrons. The van der Waals surface area contributed by atoms with E-state index in [1.165, 1.54) is 11.3 Å². The summed E-state index contributed by atoms with van der Waals surface area (Å²) < 4.78 is 16.9. The fraction of sp³-hybridized carbons (Fsp3) is 0.192. The second-order valence-corrected chi connectivity index (χ2v) is 8.61. The highest BCUT2D eigenvalue weighted by Crippen LogP contribution is 2.34. The van der Waals surface area contributed by atoms with Crippen molar-refractivity contribution in [1.82, 2.24) is 20.0 Å². The van der Waals surface area contributed by atoms with Gasteiger partial charge in [-0.05, 0) is 54.4 Å². The van der Waals surface area contributed by atoms with E-state index in [1.807, 2.05) is 66.0 Å². The topological polar surface area (TPSA) is 91.5 Å². The third-order valence-electron chi connectivity index (χ3n) is 5.48. The number of thiazole rings is 1. The summed E-state index contributed by atoms with van der Waals surface area (Å²) >= 11 is 1.54. The molecule has 0 fully saturated rings. The van der Waals surface area contributed by atoms with Gasteiger partial charge in [0, 0.05) is 17.6 Å². The molecule has 0 spiro atoms. The summed E-state index contributed by atoms with van der Waals surface area (Å²) in [6.07, 6.45) is 0.537. The van der Waals surface area contributed by atoms with Crippen molar-refractivity contribution in [1.29, 1.82) is 0 Å². The molecule has 0 bridgehead atoms. The van der Waals surface area contributed by atoms with E-state index < -0.39 is 0 Å². The Kier molecular flexibility index (Phi) is 6.60. The normalized spacial score (nSPS) is 11.1. The number of hydrogen-bond donors (Lipinski definition) is 1. The van der Waals surface area contributed by atoms with Crippen LogP contribution in [-0.2, 0) is 13.0 Å². The van der Waals surface area contributed by atoms with Crippen LogP contribution in [-0.4, -0.2) is 45.9 Å². The Bertz CT molecular complexity index is 1430. The lowest BCUT2D eigenvalue weighted by atomic mass is 10.1. The molecule has 5 aromatic rings. The van der Waals surface area contributed by atoms with Crippen molar-refractivity contribution < 1.29 is 19.3 Å². The summed E-state index contributed by atoms with van der Waals surface area (Å²) in [6, 6.07) is 19.2. The molecule has 35 heavy (non-hydrogen) atoms. The van der Waals surface area contributed by atoms with Gasteiger partial charge >= 0.3 is 0 Å². The molecule has 0 atom stereocenters. The molecule has 3 aromatic carbocycles. The quantitative estimate of drug-likeness (QED) is 0.322. The zero-order valence-electron chi connectivity index (χ0n) is 19.3. The van der Waals surface area contributed by atoms with Crippen molar-refractivity contribution >= 4 is 22.4 Å². The summed E-state index contributed by atoms with van der Waals surface area (Å²) in [5.41, 5.74) is 5.03. The molecule has 0 aliphatic heterocycles. The van der Waals surface area contributed by atoms with E-state index in [1.54, 1.807) is 19.0 Å². The Morgan fingerprint density at radius 2 is 1.63 bits per heavy atom. The molecular weight excluding hydrogens is 464 g/mol. The van der Waals surface area contributed by atoms with Crippen molar-refractivity contribution in [3.63, 3.8) is 0 Å². The maximum absolute atomic E-state index is 9.38. The molecule has 8 nitrogen and oxygen atoms in total. The molecule has 0 aliphatic carbocycles. The number of nitrogens with zero attached hydrogens (tertiary/aromatic N) is 4. The molecule has 0 saturated heterocycles. The van der Waals surface area contributed by atoms with Gasteiger partial charge in [-0.25, -0.2) is 4.98 Å². The predicted octanol–water partition coefficient (Wildman–Crippen LogP) is 4.68. The molecule has 0 radical (unpaired) electrons. The van der Waals surface area contributed by atoms with E-state index >= 15 is 0 Å². The zero-order chi connectivity index (χ0) is 24.2. The van der Waals surface area contributed by atoms with E-state index in [0.29, 0.717) is 29.4 Å². The van der Waals surface area contributed by atoms with Gasteiger partial charge in [-0.2, -0.15) is 0 Å². The van der Waals surface area contributed by atoms with Crippen molar-refractivity contribution in [3.05, 3.63) is 77.3 Å². The molecule has 2 heterocycles. The number of rotatable bonds is 9. The van der Waals surface area contributed by atoms with E-state index in [4.69, 9.17) is 19.2 Å². The number of benzene rings is 3. The van der Waals surface area contributed by atoms with E-state index in [0.717, 1.165) is 32.9 Å². The average Bonchev–Trinajstić information content (AvgIpc) is 3.55.